The Kier molecular flexibility index (Phi) is 3.74. The van der Waals surface area contributed by atoms with Crippen LogP contribution >= 0.6 is 15.9 Å². The van der Waals surface area contributed by atoms with Gasteiger partial charge in [-0.1, -0.05) is 22.0 Å². The van der Waals surface area contributed by atoms with Crippen LogP contribution in [-0.2, 0) is 0 Å². The third-order valence-corrected chi connectivity index (χ3v) is 2.98. The number of aromatic nitrogens is 1. The van der Waals surface area contributed by atoms with Crippen molar-refractivity contribution in [1.29, 1.82) is 0 Å². The summed E-state index contributed by atoms with van der Waals surface area (Å²) in [6.07, 6.45) is 2.62. The van der Waals surface area contributed by atoms with Crippen molar-refractivity contribution in [2.45, 2.75) is 6.42 Å². The molecule has 0 fully saturated rings. The fourth-order valence-corrected chi connectivity index (χ4v) is 1.95. The lowest BCUT2D eigenvalue weighted by Crippen LogP contribution is -2.06. The smallest absolute Gasteiger partial charge is 0.145 e. The molecule has 0 amide bonds. The highest BCUT2D eigenvalue weighted by molar-refractivity contribution is 9.10. The molecule has 0 unspecified atom stereocenters. The van der Waals surface area contributed by atoms with Gasteiger partial charge in [-0.2, -0.15) is 0 Å². The molecule has 0 aliphatic rings. The highest BCUT2D eigenvalue weighted by Gasteiger charge is 2.05. The highest BCUT2D eigenvalue weighted by atomic mass is 79.9. The Balaban J connectivity index is 2.35. The van der Waals surface area contributed by atoms with Crippen LogP contribution in [0.15, 0.2) is 34.9 Å². The van der Waals surface area contributed by atoms with E-state index in [0.29, 0.717) is 13.2 Å². The van der Waals surface area contributed by atoms with Crippen molar-refractivity contribution < 1.29 is 4.74 Å². The van der Waals surface area contributed by atoms with Crippen molar-refractivity contribution in [2.75, 3.05) is 13.2 Å². The average molecular weight is 281 g/mol. The van der Waals surface area contributed by atoms with Crippen LogP contribution in [0, 0.1) is 0 Å². The van der Waals surface area contributed by atoms with Gasteiger partial charge in [-0.25, -0.2) is 0 Å². The number of fused-ring (bicyclic) bond motifs is 1. The molecule has 16 heavy (non-hydrogen) atoms. The summed E-state index contributed by atoms with van der Waals surface area (Å²) in [6, 6.07) is 7.83. The average Bonchev–Trinajstić information content (AvgIpc) is 2.33. The molecule has 2 N–H and O–H groups in total. The van der Waals surface area contributed by atoms with E-state index in [1.165, 1.54) is 0 Å². The Labute approximate surface area is 103 Å². The Morgan fingerprint density at radius 3 is 3.00 bits per heavy atom. The first kappa shape index (κ1) is 11.4. The maximum atomic E-state index is 5.65. The standard InChI is InChI=1S/C12H13BrN2O/c13-10-4-5-11(16-8-2-6-14)12-9(10)3-1-7-15-12/h1,3-5,7H,2,6,8,14H2. The molecule has 1 aromatic carbocycles. The number of nitrogens with two attached hydrogens (primary N) is 1. The summed E-state index contributed by atoms with van der Waals surface area (Å²) in [5.74, 6) is 0.812. The van der Waals surface area contributed by atoms with Crippen LogP contribution in [0.2, 0.25) is 0 Å². The van der Waals surface area contributed by atoms with Gasteiger partial charge < -0.3 is 10.5 Å². The largest absolute Gasteiger partial charge is 0.491 e. The molecule has 2 aromatic rings. The minimum atomic E-state index is 0.629. The van der Waals surface area contributed by atoms with Crippen LogP contribution < -0.4 is 10.5 Å². The van der Waals surface area contributed by atoms with E-state index in [9.17, 15) is 0 Å². The molecule has 1 aromatic heterocycles. The number of halogens is 1. The van der Waals surface area contributed by atoms with Gasteiger partial charge in [0.15, 0.2) is 0 Å². The van der Waals surface area contributed by atoms with Crippen molar-refractivity contribution in [3.63, 3.8) is 0 Å². The maximum absolute atomic E-state index is 5.65. The first-order valence-corrected chi connectivity index (χ1v) is 5.98. The van der Waals surface area contributed by atoms with Gasteiger partial charge in [-0.05, 0) is 31.2 Å². The number of nitrogens with zero attached hydrogens (tertiary/aromatic N) is 1. The predicted octanol–water partition coefficient (Wildman–Crippen LogP) is 2.72. The van der Waals surface area contributed by atoms with E-state index in [2.05, 4.69) is 20.9 Å². The predicted molar refractivity (Wildman–Crippen MR) is 68.6 cm³/mol. The Morgan fingerprint density at radius 2 is 2.19 bits per heavy atom. The zero-order valence-corrected chi connectivity index (χ0v) is 10.4. The van der Waals surface area contributed by atoms with E-state index in [-0.39, 0.29) is 0 Å². The molecule has 84 valence electrons. The summed E-state index contributed by atoms with van der Waals surface area (Å²) >= 11 is 3.50. The van der Waals surface area contributed by atoms with E-state index in [0.717, 1.165) is 27.5 Å². The molecule has 1 heterocycles. The van der Waals surface area contributed by atoms with Gasteiger partial charge in [0.25, 0.3) is 0 Å². The number of pyridine rings is 1. The van der Waals surface area contributed by atoms with Gasteiger partial charge in [0.1, 0.15) is 11.3 Å². The Bertz CT molecular complexity index is 487. The van der Waals surface area contributed by atoms with Crippen LogP contribution in [0.25, 0.3) is 10.9 Å². The first-order valence-electron chi connectivity index (χ1n) is 5.19. The van der Waals surface area contributed by atoms with Crippen molar-refractivity contribution in [3.05, 3.63) is 34.9 Å². The second-order valence-electron chi connectivity index (χ2n) is 3.44. The molecule has 0 saturated carbocycles. The summed E-state index contributed by atoms with van der Waals surface area (Å²) in [5, 5.41) is 1.06. The van der Waals surface area contributed by atoms with E-state index < -0.39 is 0 Å². The Morgan fingerprint density at radius 1 is 1.31 bits per heavy atom. The lowest BCUT2D eigenvalue weighted by molar-refractivity contribution is 0.316. The van der Waals surface area contributed by atoms with E-state index in [4.69, 9.17) is 10.5 Å². The van der Waals surface area contributed by atoms with Crippen molar-refractivity contribution in [2.24, 2.45) is 5.73 Å². The molecule has 2 rings (SSSR count). The van der Waals surface area contributed by atoms with E-state index >= 15 is 0 Å². The summed E-state index contributed by atoms with van der Waals surface area (Å²) in [7, 11) is 0. The normalized spacial score (nSPS) is 10.6. The van der Waals surface area contributed by atoms with Crippen molar-refractivity contribution in [1.82, 2.24) is 4.98 Å². The minimum Gasteiger partial charge on any atom is -0.491 e. The van der Waals surface area contributed by atoms with E-state index in [1.54, 1.807) is 6.20 Å². The second kappa shape index (κ2) is 5.27. The third kappa shape index (κ3) is 2.33. The first-order chi connectivity index (χ1) is 7.83. The molecule has 0 radical (unpaired) electrons. The highest BCUT2D eigenvalue weighted by Crippen LogP contribution is 2.29. The van der Waals surface area contributed by atoms with Crippen LogP contribution in [0.1, 0.15) is 6.42 Å². The van der Waals surface area contributed by atoms with Gasteiger partial charge in [0, 0.05) is 16.1 Å². The SMILES string of the molecule is NCCCOc1ccc(Br)c2cccnc12. The van der Waals surface area contributed by atoms with Crippen LogP contribution in [0.4, 0.5) is 0 Å². The monoisotopic (exact) mass is 280 g/mol. The molecule has 0 aliphatic heterocycles. The Hall–Kier alpha value is -1.13. The van der Waals surface area contributed by atoms with Crippen LogP contribution in [0.5, 0.6) is 5.75 Å². The van der Waals surface area contributed by atoms with Gasteiger partial charge in [-0.3, -0.25) is 4.98 Å². The summed E-state index contributed by atoms with van der Waals surface area (Å²) in [6.45, 7) is 1.27. The van der Waals surface area contributed by atoms with Gasteiger partial charge in [0.05, 0.1) is 6.61 Å². The molecule has 0 atom stereocenters. The minimum absolute atomic E-state index is 0.629. The molecule has 0 spiro atoms. The fourth-order valence-electron chi connectivity index (χ4n) is 1.49. The zero-order valence-electron chi connectivity index (χ0n) is 8.82. The van der Waals surface area contributed by atoms with Crippen molar-refractivity contribution in [3.8, 4) is 5.75 Å². The number of benzene rings is 1. The summed E-state index contributed by atoms with van der Waals surface area (Å²) < 4.78 is 6.68. The lowest BCUT2D eigenvalue weighted by Gasteiger charge is -2.08. The molecule has 0 saturated heterocycles. The zero-order chi connectivity index (χ0) is 11.4. The number of hydrogen-bond donors (Lipinski definition) is 1. The molecule has 4 heteroatoms. The number of ether oxygens (including phenoxy) is 1. The van der Waals surface area contributed by atoms with Gasteiger partial charge in [-0.15, -0.1) is 0 Å². The fraction of sp³-hybridized carbons (Fsp3) is 0.250. The maximum Gasteiger partial charge on any atom is 0.145 e. The van der Waals surface area contributed by atoms with E-state index in [1.807, 2.05) is 24.3 Å². The third-order valence-electron chi connectivity index (χ3n) is 2.29. The number of rotatable bonds is 4. The molecule has 0 bridgehead atoms. The quantitative estimate of drug-likeness (QED) is 0.876. The van der Waals surface area contributed by atoms with Gasteiger partial charge in [0.2, 0.25) is 0 Å². The lowest BCUT2D eigenvalue weighted by atomic mass is 10.2. The molecular formula is C12H13BrN2O. The summed E-state index contributed by atoms with van der Waals surface area (Å²) in [5.41, 5.74) is 6.31. The summed E-state index contributed by atoms with van der Waals surface area (Å²) in [4.78, 5) is 4.33. The molecule has 0 aliphatic carbocycles. The number of hydrogen-bond acceptors (Lipinski definition) is 3. The molecular weight excluding hydrogens is 268 g/mol. The van der Waals surface area contributed by atoms with Crippen molar-refractivity contribution >= 4 is 26.8 Å². The van der Waals surface area contributed by atoms with Crippen LogP contribution in [-0.4, -0.2) is 18.1 Å². The van der Waals surface area contributed by atoms with Crippen LogP contribution in [0.3, 0.4) is 0 Å². The second-order valence-corrected chi connectivity index (χ2v) is 4.29. The van der Waals surface area contributed by atoms with Gasteiger partial charge >= 0.3 is 0 Å². The topological polar surface area (TPSA) is 48.1 Å². The molecule has 3 nitrogen and oxygen atoms in total.